The lowest BCUT2D eigenvalue weighted by molar-refractivity contribution is 0.309. The van der Waals surface area contributed by atoms with Gasteiger partial charge in [0.15, 0.2) is 0 Å². The third-order valence-corrected chi connectivity index (χ3v) is 4.23. The molecule has 0 saturated heterocycles. The molecular formula is C21H23NO. The van der Waals surface area contributed by atoms with E-state index in [2.05, 4.69) is 55.7 Å². The highest BCUT2D eigenvalue weighted by molar-refractivity contribution is 5.91. The van der Waals surface area contributed by atoms with Crippen LogP contribution in [0.15, 0.2) is 49.0 Å². The minimum atomic E-state index is 0.783. The number of hydrogen-bond acceptors (Lipinski definition) is 1. The molecule has 2 aromatic carbocycles. The van der Waals surface area contributed by atoms with Crippen LogP contribution in [0, 0.1) is 6.92 Å². The van der Waals surface area contributed by atoms with Gasteiger partial charge in [0, 0.05) is 16.6 Å². The predicted molar refractivity (Wildman–Crippen MR) is 99.0 cm³/mol. The smallest absolute Gasteiger partial charge is 0.119 e. The van der Waals surface area contributed by atoms with Gasteiger partial charge in [-0.3, -0.25) is 0 Å². The lowest BCUT2D eigenvalue weighted by Gasteiger charge is -2.06. The SMILES string of the molecule is C=Cc1ccc2[nH]c(-c3ccc(OCCCC)cc3)c(C)c2c1. The van der Waals surface area contributed by atoms with Crippen LogP contribution in [0.3, 0.4) is 0 Å². The van der Waals surface area contributed by atoms with Crippen molar-refractivity contribution in [2.75, 3.05) is 6.61 Å². The molecule has 0 unspecified atom stereocenters. The van der Waals surface area contributed by atoms with Gasteiger partial charge in [-0.15, -0.1) is 0 Å². The summed E-state index contributed by atoms with van der Waals surface area (Å²) in [5, 5.41) is 1.25. The first-order valence-electron chi connectivity index (χ1n) is 8.21. The third-order valence-electron chi connectivity index (χ3n) is 4.23. The Morgan fingerprint density at radius 2 is 1.91 bits per heavy atom. The summed E-state index contributed by atoms with van der Waals surface area (Å²) in [5.41, 5.74) is 5.92. The summed E-state index contributed by atoms with van der Waals surface area (Å²) < 4.78 is 5.74. The van der Waals surface area contributed by atoms with E-state index in [1.165, 1.54) is 22.2 Å². The molecule has 0 aliphatic carbocycles. The van der Waals surface area contributed by atoms with Crippen LogP contribution in [0.25, 0.3) is 28.2 Å². The molecule has 0 radical (unpaired) electrons. The van der Waals surface area contributed by atoms with Crippen molar-refractivity contribution >= 4 is 17.0 Å². The normalized spacial score (nSPS) is 10.9. The lowest BCUT2D eigenvalue weighted by Crippen LogP contribution is -1.96. The first-order chi connectivity index (χ1) is 11.2. The Morgan fingerprint density at radius 3 is 2.61 bits per heavy atom. The van der Waals surface area contributed by atoms with E-state index in [9.17, 15) is 0 Å². The van der Waals surface area contributed by atoms with E-state index in [0.29, 0.717) is 0 Å². The van der Waals surface area contributed by atoms with E-state index in [-0.39, 0.29) is 0 Å². The summed E-state index contributed by atoms with van der Waals surface area (Å²) in [6, 6.07) is 14.7. The minimum absolute atomic E-state index is 0.783. The van der Waals surface area contributed by atoms with Crippen molar-refractivity contribution in [1.29, 1.82) is 0 Å². The van der Waals surface area contributed by atoms with Crippen molar-refractivity contribution in [2.24, 2.45) is 0 Å². The Bertz CT molecular complexity index is 812. The number of ether oxygens (including phenoxy) is 1. The molecule has 3 aromatic rings. The van der Waals surface area contributed by atoms with Crippen LogP contribution in [-0.2, 0) is 0 Å². The first kappa shape index (κ1) is 15.4. The van der Waals surface area contributed by atoms with E-state index in [0.717, 1.165) is 36.3 Å². The highest BCUT2D eigenvalue weighted by atomic mass is 16.5. The Kier molecular flexibility index (Phi) is 4.52. The molecule has 2 nitrogen and oxygen atoms in total. The molecule has 3 rings (SSSR count). The summed E-state index contributed by atoms with van der Waals surface area (Å²) in [7, 11) is 0. The van der Waals surface area contributed by atoms with Crippen molar-refractivity contribution in [2.45, 2.75) is 26.7 Å². The molecular weight excluding hydrogens is 282 g/mol. The number of unbranched alkanes of at least 4 members (excludes halogenated alkanes) is 1. The van der Waals surface area contributed by atoms with Crippen LogP contribution >= 0.6 is 0 Å². The van der Waals surface area contributed by atoms with Gasteiger partial charge in [0.2, 0.25) is 0 Å². The van der Waals surface area contributed by atoms with Crippen LogP contribution in [0.4, 0.5) is 0 Å². The molecule has 0 bridgehead atoms. The summed E-state index contributed by atoms with van der Waals surface area (Å²) in [6.45, 7) is 8.96. The number of aryl methyl sites for hydroxylation is 1. The van der Waals surface area contributed by atoms with Crippen molar-refractivity contribution in [1.82, 2.24) is 4.98 Å². The van der Waals surface area contributed by atoms with Gasteiger partial charge in [0.05, 0.1) is 6.61 Å². The molecule has 1 heterocycles. The molecule has 0 amide bonds. The largest absolute Gasteiger partial charge is 0.494 e. The second-order valence-electron chi connectivity index (χ2n) is 5.86. The molecule has 0 spiro atoms. The molecule has 1 aromatic heterocycles. The van der Waals surface area contributed by atoms with Gasteiger partial charge in [-0.05, 0) is 66.4 Å². The average molecular weight is 305 g/mol. The topological polar surface area (TPSA) is 25.0 Å². The predicted octanol–water partition coefficient (Wildman–Crippen LogP) is 5.97. The Hall–Kier alpha value is -2.48. The fourth-order valence-corrected chi connectivity index (χ4v) is 2.81. The van der Waals surface area contributed by atoms with Crippen molar-refractivity contribution in [3.63, 3.8) is 0 Å². The Morgan fingerprint density at radius 1 is 1.13 bits per heavy atom. The van der Waals surface area contributed by atoms with Gasteiger partial charge in [-0.1, -0.05) is 32.1 Å². The van der Waals surface area contributed by atoms with E-state index < -0.39 is 0 Å². The number of rotatable bonds is 6. The third kappa shape index (κ3) is 3.16. The fraction of sp³-hybridized carbons (Fsp3) is 0.238. The molecule has 0 aliphatic rings. The number of aromatic nitrogens is 1. The molecule has 2 heteroatoms. The first-order valence-corrected chi connectivity index (χ1v) is 8.21. The number of hydrogen-bond donors (Lipinski definition) is 1. The number of fused-ring (bicyclic) bond motifs is 1. The monoisotopic (exact) mass is 305 g/mol. The van der Waals surface area contributed by atoms with Crippen molar-refractivity contribution in [3.8, 4) is 17.0 Å². The second-order valence-corrected chi connectivity index (χ2v) is 5.86. The number of nitrogens with one attached hydrogen (secondary N) is 1. The van der Waals surface area contributed by atoms with E-state index in [1.54, 1.807) is 0 Å². The summed E-state index contributed by atoms with van der Waals surface area (Å²) in [5.74, 6) is 0.935. The standard InChI is InChI=1S/C21H23NO/c1-4-6-13-23-18-10-8-17(9-11-18)21-15(3)19-14-16(5-2)7-12-20(19)22-21/h5,7-12,14,22H,2,4,6,13H2,1,3H3. The van der Waals surface area contributed by atoms with Gasteiger partial charge < -0.3 is 9.72 Å². The fourth-order valence-electron chi connectivity index (χ4n) is 2.81. The quantitative estimate of drug-likeness (QED) is 0.558. The van der Waals surface area contributed by atoms with Gasteiger partial charge in [-0.2, -0.15) is 0 Å². The average Bonchev–Trinajstić information content (AvgIpc) is 2.92. The highest BCUT2D eigenvalue weighted by Gasteiger charge is 2.10. The van der Waals surface area contributed by atoms with Crippen LogP contribution in [0.1, 0.15) is 30.9 Å². The van der Waals surface area contributed by atoms with Gasteiger partial charge in [0.25, 0.3) is 0 Å². The highest BCUT2D eigenvalue weighted by Crippen LogP contribution is 2.31. The van der Waals surface area contributed by atoms with Gasteiger partial charge in [-0.25, -0.2) is 0 Å². The Balaban J connectivity index is 1.90. The van der Waals surface area contributed by atoms with Gasteiger partial charge >= 0.3 is 0 Å². The zero-order valence-corrected chi connectivity index (χ0v) is 13.9. The summed E-state index contributed by atoms with van der Waals surface area (Å²) in [6.07, 6.45) is 4.13. The molecule has 118 valence electrons. The molecule has 0 saturated carbocycles. The number of H-pyrrole nitrogens is 1. The molecule has 0 aliphatic heterocycles. The molecule has 23 heavy (non-hydrogen) atoms. The minimum Gasteiger partial charge on any atom is -0.494 e. The van der Waals surface area contributed by atoms with Crippen molar-refractivity contribution in [3.05, 3.63) is 60.2 Å². The van der Waals surface area contributed by atoms with Gasteiger partial charge in [0.1, 0.15) is 5.75 Å². The maximum Gasteiger partial charge on any atom is 0.119 e. The van der Waals surface area contributed by atoms with Crippen molar-refractivity contribution < 1.29 is 4.74 Å². The van der Waals surface area contributed by atoms with Crippen LogP contribution < -0.4 is 4.74 Å². The maximum absolute atomic E-state index is 5.74. The number of aromatic amines is 1. The Labute approximate surface area is 137 Å². The van der Waals surface area contributed by atoms with E-state index in [1.807, 2.05) is 18.2 Å². The van der Waals surface area contributed by atoms with Crippen LogP contribution in [0.2, 0.25) is 0 Å². The lowest BCUT2D eigenvalue weighted by atomic mass is 10.1. The molecule has 0 atom stereocenters. The molecule has 0 fully saturated rings. The van der Waals surface area contributed by atoms with Crippen LogP contribution in [-0.4, -0.2) is 11.6 Å². The second kappa shape index (κ2) is 6.74. The summed E-state index contributed by atoms with van der Waals surface area (Å²) >= 11 is 0. The zero-order valence-electron chi connectivity index (χ0n) is 13.9. The van der Waals surface area contributed by atoms with Crippen LogP contribution in [0.5, 0.6) is 5.75 Å². The zero-order chi connectivity index (χ0) is 16.2. The van der Waals surface area contributed by atoms with E-state index >= 15 is 0 Å². The maximum atomic E-state index is 5.74. The number of benzene rings is 2. The summed E-state index contributed by atoms with van der Waals surface area (Å²) in [4.78, 5) is 3.53. The van der Waals surface area contributed by atoms with E-state index in [4.69, 9.17) is 4.74 Å². The molecule has 1 N–H and O–H groups in total.